The van der Waals surface area contributed by atoms with E-state index in [1.807, 2.05) is 45.5 Å². The number of hydrogen-bond acceptors (Lipinski definition) is 9. The van der Waals surface area contributed by atoms with Crippen molar-refractivity contribution in [3.63, 3.8) is 0 Å². The zero-order chi connectivity index (χ0) is 43.9. The van der Waals surface area contributed by atoms with Gasteiger partial charge in [0.25, 0.3) is 17.6 Å². The van der Waals surface area contributed by atoms with E-state index in [0.717, 1.165) is 37.4 Å². The van der Waals surface area contributed by atoms with Crippen LogP contribution in [0.1, 0.15) is 38.8 Å². The first-order valence-electron chi connectivity index (χ1n) is 18.5. The van der Waals surface area contributed by atoms with E-state index in [2.05, 4.69) is 61.7 Å². The van der Waals surface area contributed by atoms with Crippen molar-refractivity contribution in [2.75, 3.05) is 13.3 Å². The zero-order valence-corrected chi connectivity index (χ0v) is 53.9. The first-order chi connectivity index (χ1) is 29.5. The molecule has 1 unspecified atom stereocenters. The van der Waals surface area contributed by atoms with Gasteiger partial charge in [-0.1, -0.05) is 31.9 Å². The predicted octanol–water partition coefficient (Wildman–Crippen LogP) is 2.83. The number of fused-ring (bicyclic) bond motifs is 4. The van der Waals surface area contributed by atoms with E-state index in [9.17, 15) is 27.2 Å². The second-order valence-corrected chi connectivity index (χ2v) is 15.1. The van der Waals surface area contributed by atoms with Crippen molar-refractivity contribution in [2.24, 2.45) is 0 Å². The van der Waals surface area contributed by atoms with Crippen molar-refractivity contribution in [3.05, 3.63) is 138 Å². The monoisotopic (exact) mass is 1330 g/mol. The largest absolute Gasteiger partial charge is 1.00 e. The average molecular weight is 1330 g/mol. The number of rotatable bonds is 12. The van der Waals surface area contributed by atoms with E-state index in [4.69, 9.17) is 21.7 Å². The fraction of sp³-hybridized carbons (Fsp3) is 0.244. The van der Waals surface area contributed by atoms with Crippen LogP contribution in [0, 0.1) is 11.6 Å². The van der Waals surface area contributed by atoms with Gasteiger partial charge in [0.05, 0.1) is 82.3 Å². The smallest absolute Gasteiger partial charge is 1.00 e. The van der Waals surface area contributed by atoms with Crippen molar-refractivity contribution in [1.29, 1.82) is 0 Å². The molecule has 0 bridgehead atoms. The Kier molecular flexibility index (Phi) is 30.9. The molecular formula is C41H41Br2Cl2Cs2F4N8O5P. The Balaban J connectivity index is 0.000000957. The molecule has 0 aliphatic heterocycles. The maximum absolute atomic E-state index is 13.7. The number of carbonyl (C=O) groups is 1. The van der Waals surface area contributed by atoms with Crippen LogP contribution >= 0.6 is 65.8 Å². The van der Waals surface area contributed by atoms with E-state index in [-0.39, 0.29) is 217 Å². The third kappa shape index (κ3) is 18.2. The van der Waals surface area contributed by atoms with Gasteiger partial charge in [-0.05, 0) is 86.3 Å². The van der Waals surface area contributed by atoms with Crippen LogP contribution in [0.5, 0.6) is 0 Å². The molecule has 8 aromatic rings. The van der Waals surface area contributed by atoms with E-state index in [1.54, 1.807) is 16.7 Å². The third-order valence-electron chi connectivity index (χ3n) is 8.91. The van der Waals surface area contributed by atoms with Gasteiger partial charge < -0.3 is 25.7 Å². The molecule has 0 aliphatic rings. The van der Waals surface area contributed by atoms with Gasteiger partial charge in [-0.3, -0.25) is 27.7 Å². The Morgan fingerprint density at radius 3 is 1.75 bits per heavy atom. The molecule has 0 radical (unpaired) electrons. The van der Waals surface area contributed by atoms with E-state index >= 15 is 0 Å². The van der Waals surface area contributed by atoms with Gasteiger partial charge in [0.2, 0.25) is 0 Å². The number of aromatic nitrogens is 8. The van der Waals surface area contributed by atoms with E-state index in [0.29, 0.717) is 66.1 Å². The Labute approximate surface area is 520 Å². The SMILES string of the molecule is Cl.FCCCCn1c(CCl)nc2cc(F)ccc21.O=CO[O-].O=c1cnc2ccc(Br)cc2[nH]1.O=c1cnc2ccc(Br)cc2n1Cc1nc2cc(F)ccc2n1CCCCF.P.[Cs+].[Cs+].[H-]. The number of aromatic amines is 1. The summed E-state index contributed by atoms with van der Waals surface area (Å²) >= 11 is 12.5. The minimum Gasteiger partial charge on any atom is -1.00 e. The summed E-state index contributed by atoms with van der Waals surface area (Å²) in [5, 5.41) is 8.43. The van der Waals surface area contributed by atoms with Gasteiger partial charge >= 0.3 is 138 Å². The summed E-state index contributed by atoms with van der Waals surface area (Å²) in [5.74, 6) is 0.904. The number of H-pyrrole nitrogens is 1. The summed E-state index contributed by atoms with van der Waals surface area (Å²) in [6.07, 6.45) is 4.86. The summed E-state index contributed by atoms with van der Waals surface area (Å²) in [6.45, 7) is 0.522. The van der Waals surface area contributed by atoms with Crippen molar-refractivity contribution in [3.8, 4) is 0 Å². The van der Waals surface area contributed by atoms with E-state index in [1.165, 1.54) is 36.7 Å². The van der Waals surface area contributed by atoms with Crippen LogP contribution in [0.2, 0.25) is 0 Å². The minimum absolute atomic E-state index is 0. The molecule has 338 valence electrons. The maximum Gasteiger partial charge on any atom is 1.00 e. The first-order valence-corrected chi connectivity index (χ1v) is 20.6. The van der Waals surface area contributed by atoms with Crippen molar-refractivity contribution >= 4 is 116 Å². The van der Waals surface area contributed by atoms with E-state index < -0.39 is 0 Å². The van der Waals surface area contributed by atoms with Crippen LogP contribution < -0.4 is 154 Å². The summed E-state index contributed by atoms with van der Waals surface area (Å²) in [7, 11) is 0. The van der Waals surface area contributed by atoms with Crippen LogP contribution in [0.15, 0.2) is 104 Å². The quantitative estimate of drug-likeness (QED) is 0.0369. The molecule has 0 saturated carbocycles. The molecule has 8 rings (SSSR count). The van der Waals surface area contributed by atoms with Gasteiger partial charge in [-0.2, -0.15) is 9.90 Å². The first kappa shape index (κ1) is 62.3. The Hall–Kier alpha value is -0.676. The van der Waals surface area contributed by atoms with Crippen LogP contribution in [0.25, 0.3) is 44.1 Å². The molecule has 1 atom stereocenters. The van der Waals surface area contributed by atoms with Crippen LogP contribution in [-0.2, 0) is 35.2 Å². The number of carbonyl (C=O) groups excluding carboxylic acids is 1. The second-order valence-electron chi connectivity index (χ2n) is 13.0. The molecule has 0 aliphatic carbocycles. The molecule has 4 aromatic carbocycles. The molecule has 24 heteroatoms. The van der Waals surface area contributed by atoms with Gasteiger partial charge in [-0.15, -0.1) is 24.0 Å². The number of nitrogens with zero attached hydrogens (tertiary/aromatic N) is 7. The molecule has 0 saturated heterocycles. The number of halogens is 8. The van der Waals surface area contributed by atoms with Crippen LogP contribution in [0.4, 0.5) is 17.6 Å². The Bertz CT molecular complexity index is 2890. The summed E-state index contributed by atoms with van der Waals surface area (Å²) in [5.41, 5.74) is 5.20. The maximum atomic E-state index is 13.7. The van der Waals surface area contributed by atoms with Gasteiger partial charge in [0.1, 0.15) is 23.3 Å². The molecule has 0 fully saturated rings. The topological polar surface area (TPSA) is 166 Å². The van der Waals surface area contributed by atoms with Crippen molar-refractivity contribution in [1.82, 2.24) is 38.6 Å². The third-order valence-corrected chi connectivity index (χ3v) is 10.1. The molecule has 4 aromatic heterocycles. The van der Waals surface area contributed by atoms with Crippen LogP contribution in [0.3, 0.4) is 0 Å². The molecule has 1 N–H and O–H groups in total. The Morgan fingerprint density at radius 2 is 1.22 bits per heavy atom. The number of imidazole rings is 2. The molecule has 4 heterocycles. The normalized spacial score (nSPS) is 10.2. The molecule has 65 heavy (non-hydrogen) atoms. The number of unbranched alkanes of at least 4 members (excludes halogenated alkanes) is 2. The number of alkyl halides is 3. The number of aryl methyl sites for hydroxylation is 2. The van der Waals surface area contributed by atoms with Crippen LogP contribution in [-0.4, -0.2) is 58.4 Å². The molecular weight excluding hydrogens is 1290 g/mol. The standard InChI is InChI=1S/C20H17BrF2N4O.C12H13ClF2N2.C8H5BrN2O.CH2O3.ClH.2Cs.H3P.H/c21-13-3-5-15-18(9-13)27(20(28)11-24-15)12-19-25-16-10-14(23)4-6-17(16)26(19)8-2-1-7-22;13-8-12-16-10-7-9(15)3-4-11(10)17(12)6-2-1-5-14;9-5-1-2-6-7(3-5)11-8(12)4-10-6;2-1-4-3;;;;;/h3-6,9-11H,1-2,7-8,12H2;3-4,7H,1-2,5-6,8H2;1-4H,(H,11,12);1,3H;1H;;;1H3;/q;;;;;2*+1;;-1/p-1. The fourth-order valence-corrected chi connectivity index (χ4v) is 7.12. The molecule has 0 spiro atoms. The summed E-state index contributed by atoms with van der Waals surface area (Å²) in [4.78, 5) is 54.3. The van der Waals surface area contributed by atoms with Crippen molar-refractivity contribution < 1.29 is 172 Å². The number of benzene rings is 4. The summed E-state index contributed by atoms with van der Waals surface area (Å²) in [6, 6.07) is 20.0. The predicted molar refractivity (Wildman–Crippen MR) is 249 cm³/mol. The minimum atomic E-state index is -0.390. The van der Waals surface area contributed by atoms with Gasteiger partial charge in [0.15, 0.2) is 0 Å². The summed E-state index contributed by atoms with van der Waals surface area (Å²) < 4.78 is 58.6. The van der Waals surface area contributed by atoms with Gasteiger partial charge in [-0.25, -0.2) is 28.7 Å². The fourth-order valence-electron chi connectivity index (χ4n) is 6.21. The number of hydrogen-bond donors (Lipinski definition) is 1. The zero-order valence-electron chi connectivity index (χ0n) is 36.2. The molecule has 13 nitrogen and oxygen atoms in total. The molecule has 0 amide bonds. The average Bonchev–Trinajstić information content (AvgIpc) is 3.78. The van der Waals surface area contributed by atoms with Crippen molar-refractivity contribution in [2.45, 2.75) is 51.2 Å². The number of nitrogens with one attached hydrogen (secondary N) is 1. The Morgan fingerprint density at radius 1 is 0.708 bits per heavy atom. The second kappa shape index (κ2) is 32.3. The van der Waals surface area contributed by atoms with Gasteiger partial charge in [0, 0.05) is 34.2 Å².